The lowest BCUT2D eigenvalue weighted by atomic mass is 9.90. The number of rotatable bonds is 7. The van der Waals surface area contributed by atoms with Gasteiger partial charge in [0, 0.05) is 52.3 Å². The molecule has 2 heterocycles. The van der Waals surface area contributed by atoms with E-state index < -0.39 is 11.2 Å². The number of amides is 1. The molecule has 0 aliphatic heterocycles. The summed E-state index contributed by atoms with van der Waals surface area (Å²) < 4.78 is 0. The maximum absolute atomic E-state index is 12.6. The smallest absolute Gasteiger partial charge is 0.325 e. The SMILES string of the molecule is Cc1[nH]c(=O)[nH]c(=O)c1CCC(=O)NCC(c1ccccc1Cl)c1c[nH]c2ccccc12. The van der Waals surface area contributed by atoms with Crippen LogP contribution < -0.4 is 16.6 Å². The maximum Gasteiger partial charge on any atom is 0.325 e. The summed E-state index contributed by atoms with van der Waals surface area (Å²) in [5.41, 5.74) is 2.83. The van der Waals surface area contributed by atoms with E-state index in [2.05, 4.69) is 20.3 Å². The van der Waals surface area contributed by atoms with Crippen LogP contribution in [0, 0.1) is 6.92 Å². The number of benzene rings is 2. The van der Waals surface area contributed by atoms with E-state index in [1.54, 1.807) is 6.92 Å². The van der Waals surface area contributed by atoms with Gasteiger partial charge in [-0.3, -0.25) is 14.6 Å². The number of nitrogens with one attached hydrogen (secondary N) is 4. The Bertz CT molecular complexity index is 1390. The number of halogens is 1. The first-order chi connectivity index (χ1) is 15.4. The summed E-state index contributed by atoms with van der Waals surface area (Å²) >= 11 is 6.50. The third kappa shape index (κ3) is 4.53. The lowest BCUT2D eigenvalue weighted by Crippen LogP contribution is -2.31. The number of aromatic nitrogens is 3. The number of hydrogen-bond acceptors (Lipinski definition) is 3. The second kappa shape index (κ2) is 9.28. The summed E-state index contributed by atoms with van der Waals surface area (Å²) in [6.07, 6.45) is 2.31. The minimum absolute atomic E-state index is 0.124. The van der Waals surface area contributed by atoms with Gasteiger partial charge in [-0.2, -0.15) is 0 Å². The summed E-state index contributed by atoms with van der Waals surface area (Å²) in [5, 5.41) is 4.69. The van der Waals surface area contributed by atoms with Crippen molar-refractivity contribution < 1.29 is 4.79 Å². The summed E-state index contributed by atoms with van der Waals surface area (Å²) in [4.78, 5) is 44.0. The van der Waals surface area contributed by atoms with Crippen LogP contribution >= 0.6 is 11.6 Å². The van der Waals surface area contributed by atoms with E-state index in [9.17, 15) is 14.4 Å². The Morgan fingerprint density at radius 1 is 1.03 bits per heavy atom. The molecule has 8 heteroatoms. The quantitative estimate of drug-likeness (QED) is 0.346. The van der Waals surface area contributed by atoms with Gasteiger partial charge in [0.15, 0.2) is 0 Å². The van der Waals surface area contributed by atoms with E-state index in [0.29, 0.717) is 22.8 Å². The topological polar surface area (TPSA) is 111 Å². The molecule has 32 heavy (non-hydrogen) atoms. The molecule has 4 N–H and O–H groups in total. The predicted molar refractivity (Wildman–Crippen MR) is 125 cm³/mol. The van der Waals surface area contributed by atoms with Gasteiger partial charge in [0.2, 0.25) is 5.91 Å². The summed E-state index contributed by atoms with van der Waals surface area (Å²) in [6.45, 7) is 2.00. The lowest BCUT2D eigenvalue weighted by Gasteiger charge is -2.19. The number of hydrogen-bond donors (Lipinski definition) is 4. The van der Waals surface area contributed by atoms with Gasteiger partial charge in [-0.25, -0.2) is 4.79 Å². The van der Waals surface area contributed by atoms with Gasteiger partial charge in [0.1, 0.15) is 0 Å². The molecular weight excluding hydrogens is 428 g/mol. The largest absolute Gasteiger partial charge is 0.361 e. The van der Waals surface area contributed by atoms with Crippen LogP contribution in [0.2, 0.25) is 5.02 Å². The predicted octanol–water partition coefficient (Wildman–Crippen LogP) is 3.39. The van der Waals surface area contributed by atoms with E-state index in [1.807, 2.05) is 54.7 Å². The third-order valence-electron chi connectivity index (χ3n) is 5.64. The van der Waals surface area contributed by atoms with Crippen molar-refractivity contribution in [1.82, 2.24) is 20.3 Å². The molecule has 0 saturated carbocycles. The van der Waals surface area contributed by atoms with Gasteiger partial charge in [-0.15, -0.1) is 0 Å². The molecule has 2 aromatic heterocycles. The van der Waals surface area contributed by atoms with Crippen LogP contribution in [-0.2, 0) is 11.2 Å². The fraction of sp³-hybridized carbons (Fsp3) is 0.208. The molecule has 0 spiro atoms. The minimum Gasteiger partial charge on any atom is -0.361 e. The number of carbonyl (C=O) groups is 1. The Kier molecular flexibility index (Phi) is 6.28. The molecule has 4 rings (SSSR count). The lowest BCUT2D eigenvalue weighted by molar-refractivity contribution is -0.121. The number of aryl methyl sites for hydroxylation is 1. The van der Waals surface area contributed by atoms with Gasteiger partial charge in [0.25, 0.3) is 5.56 Å². The van der Waals surface area contributed by atoms with Crippen molar-refractivity contribution in [3.63, 3.8) is 0 Å². The fourth-order valence-electron chi connectivity index (χ4n) is 4.00. The van der Waals surface area contributed by atoms with Crippen molar-refractivity contribution in [2.75, 3.05) is 6.54 Å². The highest BCUT2D eigenvalue weighted by Crippen LogP contribution is 2.34. The van der Waals surface area contributed by atoms with Crippen LogP contribution in [-0.4, -0.2) is 27.4 Å². The van der Waals surface area contributed by atoms with Crippen molar-refractivity contribution in [2.45, 2.75) is 25.7 Å². The molecule has 1 unspecified atom stereocenters. The molecular formula is C24H23ClN4O3. The van der Waals surface area contributed by atoms with Crippen molar-refractivity contribution in [1.29, 1.82) is 0 Å². The van der Waals surface area contributed by atoms with Crippen molar-refractivity contribution >= 4 is 28.4 Å². The molecule has 0 radical (unpaired) electrons. The first-order valence-corrected chi connectivity index (χ1v) is 10.7. The van der Waals surface area contributed by atoms with Gasteiger partial charge in [-0.05, 0) is 36.6 Å². The van der Waals surface area contributed by atoms with Crippen molar-refractivity contribution in [2.24, 2.45) is 0 Å². The highest BCUT2D eigenvalue weighted by atomic mass is 35.5. The second-order valence-corrected chi connectivity index (χ2v) is 8.09. The van der Waals surface area contributed by atoms with Crippen LogP contribution in [0.25, 0.3) is 10.9 Å². The Balaban J connectivity index is 1.53. The maximum atomic E-state index is 12.6. The number of carbonyl (C=O) groups excluding carboxylic acids is 1. The summed E-state index contributed by atoms with van der Waals surface area (Å²) in [7, 11) is 0. The van der Waals surface area contributed by atoms with Crippen LogP contribution in [0.4, 0.5) is 0 Å². The van der Waals surface area contributed by atoms with Gasteiger partial charge in [-0.1, -0.05) is 48.0 Å². The average Bonchev–Trinajstić information content (AvgIpc) is 3.18. The molecule has 0 bridgehead atoms. The normalized spacial score (nSPS) is 12.1. The standard InChI is InChI=1S/C24H23ClN4O3/c1-14-15(23(31)29-24(32)28-14)10-11-22(30)27-13-18(16-6-2-4-8-20(16)25)19-12-26-21-9-5-3-7-17(19)21/h2-9,12,18,26H,10-11,13H2,1H3,(H,27,30)(H2,28,29,31,32). The Hall–Kier alpha value is -3.58. The Labute approximate surface area is 188 Å². The molecule has 0 fully saturated rings. The third-order valence-corrected chi connectivity index (χ3v) is 5.98. The fourth-order valence-corrected chi connectivity index (χ4v) is 4.26. The summed E-state index contributed by atoms with van der Waals surface area (Å²) in [5.74, 6) is -0.339. The highest BCUT2D eigenvalue weighted by Gasteiger charge is 2.21. The molecule has 0 aliphatic rings. The molecule has 0 aliphatic carbocycles. The minimum atomic E-state index is -0.554. The number of aromatic amines is 3. The number of fused-ring (bicyclic) bond motifs is 1. The van der Waals surface area contributed by atoms with E-state index >= 15 is 0 Å². The Morgan fingerprint density at radius 2 is 1.78 bits per heavy atom. The van der Waals surface area contributed by atoms with Gasteiger partial charge >= 0.3 is 5.69 Å². The van der Waals surface area contributed by atoms with Crippen LogP contribution in [0.1, 0.15) is 34.7 Å². The molecule has 7 nitrogen and oxygen atoms in total. The van der Waals surface area contributed by atoms with Gasteiger partial charge in [0.05, 0.1) is 0 Å². The zero-order valence-corrected chi connectivity index (χ0v) is 18.3. The van der Waals surface area contributed by atoms with Crippen LogP contribution in [0.3, 0.4) is 0 Å². The van der Waals surface area contributed by atoms with Gasteiger partial charge < -0.3 is 15.3 Å². The molecule has 1 atom stereocenters. The second-order valence-electron chi connectivity index (χ2n) is 7.68. The van der Waals surface area contributed by atoms with Crippen LogP contribution in [0.5, 0.6) is 0 Å². The first kappa shape index (κ1) is 21.6. The van der Waals surface area contributed by atoms with E-state index in [1.165, 1.54) is 0 Å². The molecule has 1 amide bonds. The van der Waals surface area contributed by atoms with Crippen LogP contribution in [0.15, 0.2) is 64.3 Å². The zero-order valence-electron chi connectivity index (χ0n) is 17.5. The molecule has 4 aromatic rings. The molecule has 164 valence electrons. The average molecular weight is 451 g/mol. The van der Waals surface area contributed by atoms with Crippen molar-refractivity contribution in [3.8, 4) is 0 Å². The van der Waals surface area contributed by atoms with E-state index in [4.69, 9.17) is 11.6 Å². The summed E-state index contributed by atoms with van der Waals surface area (Å²) in [6, 6.07) is 15.6. The zero-order chi connectivity index (χ0) is 22.7. The Morgan fingerprint density at radius 3 is 2.56 bits per heavy atom. The van der Waals surface area contributed by atoms with E-state index in [-0.39, 0.29) is 24.7 Å². The monoisotopic (exact) mass is 450 g/mol. The van der Waals surface area contributed by atoms with Crippen molar-refractivity contribution in [3.05, 3.63) is 103 Å². The molecule has 2 aromatic carbocycles. The molecule has 0 saturated heterocycles. The first-order valence-electron chi connectivity index (χ1n) is 10.3. The number of H-pyrrole nitrogens is 3. The highest BCUT2D eigenvalue weighted by molar-refractivity contribution is 6.31. The van der Waals surface area contributed by atoms with E-state index in [0.717, 1.165) is 22.0 Å². The number of para-hydroxylation sites is 1.